The molecule has 1 aliphatic rings. The molecule has 27 heavy (non-hydrogen) atoms. The fourth-order valence-corrected chi connectivity index (χ4v) is 3.68. The molecule has 3 heterocycles. The van der Waals surface area contributed by atoms with E-state index in [1.807, 2.05) is 68.9 Å². The van der Waals surface area contributed by atoms with Crippen molar-refractivity contribution >= 4 is 28.8 Å². The van der Waals surface area contributed by atoms with Gasteiger partial charge in [0, 0.05) is 44.0 Å². The topological polar surface area (TPSA) is 41.1 Å². The number of amides is 1. The SMILES string of the molecule is COc1cc(N2CCN(C(=O)C[n+]3ccn4ccccc43)CC2)ccc1Cl. The highest BCUT2D eigenvalue weighted by Crippen LogP contribution is 2.29. The lowest BCUT2D eigenvalue weighted by Crippen LogP contribution is -2.52. The molecular formula is C20H22ClN4O2+. The smallest absolute Gasteiger partial charge is 0.286 e. The van der Waals surface area contributed by atoms with Crippen LogP contribution in [0.25, 0.3) is 5.65 Å². The van der Waals surface area contributed by atoms with E-state index in [0.29, 0.717) is 30.4 Å². The van der Waals surface area contributed by atoms with Crippen LogP contribution in [0.1, 0.15) is 0 Å². The number of nitrogens with zero attached hydrogens (tertiary/aromatic N) is 4. The molecule has 0 bridgehead atoms. The molecule has 1 amide bonds. The molecule has 1 aromatic carbocycles. The molecule has 0 N–H and O–H groups in total. The van der Waals surface area contributed by atoms with Crippen molar-refractivity contribution in [3.8, 4) is 5.75 Å². The zero-order valence-electron chi connectivity index (χ0n) is 15.2. The minimum Gasteiger partial charge on any atom is -0.495 e. The molecule has 2 aromatic heterocycles. The summed E-state index contributed by atoms with van der Waals surface area (Å²) < 4.78 is 9.30. The molecule has 0 saturated carbocycles. The summed E-state index contributed by atoms with van der Waals surface area (Å²) in [5, 5.41) is 0.604. The van der Waals surface area contributed by atoms with Crippen LogP contribution in [-0.4, -0.2) is 48.5 Å². The number of methoxy groups -OCH3 is 1. The fraction of sp³-hybridized carbons (Fsp3) is 0.300. The molecule has 1 saturated heterocycles. The van der Waals surface area contributed by atoms with Gasteiger partial charge in [-0.25, -0.2) is 8.97 Å². The van der Waals surface area contributed by atoms with Crippen molar-refractivity contribution in [3.63, 3.8) is 0 Å². The van der Waals surface area contributed by atoms with Gasteiger partial charge in [-0.1, -0.05) is 17.7 Å². The first-order chi connectivity index (χ1) is 13.2. The maximum atomic E-state index is 12.7. The first-order valence-corrected chi connectivity index (χ1v) is 9.35. The fourth-order valence-electron chi connectivity index (χ4n) is 3.48. The number of hydrogen-bond acceptors (Lipinski definition) is 3. The van der Waals surface area contributed by atoms with Crippen LogP contribution in [0.15, 0.2) is 55.0 Å². The summed E-state index contributed by atoms with van der Waals surface area (Å²) in [5.41, 5.74) is 2.08. The molecule has 3 aromatic rings. The van der Waals surface area contributed by atoms with Gasteiger partial charge >= 0.3 is 0 Å². The summed E-state index contributed by atoms with van der Waals surface area (Å²) in [5.74, 6) is 0.815. The van der Waals surface area contributed by atoms with Gasteiger partial charge in [0.1, 0.15) is 18.1 Å². The Hall–Kier alpha value is -2.73. The molecule has 6 nitrogen and oxygen atoms in total. The minimum atomic E-state index is 0.144. The number of halogens is 1. The summed E-state index contributed by atoms with van der Waals surface area (Å²) >= 11 is 6.11. The van der Waals surface area contributed by atoms with Crippen molar-refractivity contribution in [3.05, 3.63) is 60.0 Å². The van der Waals surface area contributed by atoms with E-state index in [1.165, 1.54) is 0 Å². The molecule has 1 fully saturated rings. The van der Waals surface area contributed by atoms with Crippen LogP contribution in [0.2, 0.25) is 5.02 Å². The monoisotopic (exact) mass is 385 g/mol. The third kappa shape index (κ3) is 3.57. The maximum Gasteiger partial charge on any atom is 0.286 e. The van der Waals surface area contributed by atoms with E-state index in [9.17, 15) is 4.79 Å². The summed E-state index contributed by atoms with van der Waals surface area (Å²) in [6, 6.07) is 11.8. The van der Waals surface area contributed by atoms with Crippen molar-refractivity contribution < 1.29 is 14.1 Å². The molecule has 1 aliphatic heterocycles. The Morgan fingerprint density at radius 2 is 1.96 bits per heavy atom. The van der Waals surface area contributed by atoms with Gasteiger partial charge in [-0.2, -0.15) is 0 Å². The normalized spacial score (nSPS) is 14.6. The van der Waals surface area contributed by atoms with Crippen molar-refractivity contribution in [1.82, 2.24) is 9.30 Å². The number of imidazole rings is 1. The molecule has 0 aliphatic carbocycles. The van der Waals surface area contributed by atoms with Crippen LogP contribution < -0.4 is 14.2 Å². The summed E-state index contributed by atoms with van der Waals surface area (Å²) in [6.45, 7) is 3.34. The molecule has 0 unspecified atom stereocenters. The van der Waals surface area contributed by atoms with Crippen LogP contribution >= 0.6 is 11.6 Å². The predicted molar refractivity (Wildman–Crippen MR) is 104 cm³/mol. The van der Waals surface area contributed by atoms with E-state index < -0.39 is 0 Å². The van der Waals surface area contributed by atoms with Gasteiger partial charge in [-0.3, -0.25) is 4.79 Å². The van der Waals surface area contributed by atoms with Crippen molar-refractivity contribution in [2.75, 3.05) is 38.2 Å². The number of hydrogen-bond donors (Lipinski definition) is 0. The molecule has 0 spiro atoms. The second kappa shape index (κ2) is 7.48. The second-order valence-corrected chi connectivity index (χ2v) is 6.99. The number of fused-ring (bicyclic) bond motifs is 1. The largest absolute Gasteiger partial charge is 0.495 e. The lowest BCUT2D eigenvalue weighted by atomic mass is 10.2. The second-order valence-electron chi connectivity index (χ2n) is 6.58. The number of ether oxygens (including phenoxy) is 1. The van der Waals surface area contributed by atoms with Gasteiger partial charge in [0.25, 0.3) is 11.6 Å². The Morgan fingerprint density at radius 1 is 1.15 bits per heavy atom. The third-order valence-electron chi connectivity index (χ3n) is 5.01. The summed E-state index contributed by atoms with van der Waals surface area (Å²) in [7, 11) is 1.62. The highest BCUT2D eigenvalue weighted by Gasteiger charge is 2.24. The lowest BCUT2D eigenvalue weighted by Gasteiger charge is -2.36. The molecular weight excluding hydrogens is 364 g/mol. The Morgan fingerprint density at radius 3 is 2.74 bits per heavy atom. The van der Waals surface area contributed by atoms with Crippen molar-refractivity contribution in [2.45, 2.75) is 6.54 Å². The lowest BCUT2D eigenvalue weighted by molar-refractivity contribution is -0.658. The van der Waals surface area contributed by atoms with Crippen LogP contribution in [0, 0.1) is 0 Å². The van der Waals surface area contributed by atoms with Crippen LogP contribution in [0.3, 0.4) is 0 Å². The van der Waals surface area contributed by atoms with E-state index in [-0.39, 0.29) is 5.91 Å². The number of benzene rings is 1. The number of carbonyl (C=O) groups excluding carboxylic acids is 1. The first-order valence-electron chi connectivity index (χ1n) is 8.97. The highest BCUT2D eigenvalue weighted by atomic mass is 35.5. The van der Waals surface area contributed by atoms with Gasteiger partial charge in [0.2, 0.25) is 0 Å². The minimum absolute atomic E-state index is 0.144. The average Bonchev–Trinajstić information content (AvgIpc) is 3.11. The highest BCUT2D eigenvalue weighted by molar-refractivity contribution is 6.32. The first kappa shape index (κ1) is 17.7. The molecule has 4 rings (SSSR count). The molecule has 0 atom stereocenters. The maximum absolute atomic E-state index is 12.7. The average molecular weight is 386 g/mol. The Labute approximate surface area is 163 Å². The Bertz CT molecular complexity index is 964. The van der Waals surface area contributed by atoms with Gasteiger partial charge in [-0.05, 0) is 18.2 Å². The van der Waals surface area contributed by atoms with Crippen molar-refractivity contribution in [1.29, 1.82) is 0 Å². The van der Waals surface area contributed by atoms with Gasteiger partial charge in [0.15, 0.2) is 6.54 Å². The number of aromatic nitrogens is 2. The molecule has 7 heteroatoms. The molecule has 0 radical (unpaired) electrons. The van der Waals surface area contributed by atoms with E-state index in [1.54, 1.807) is 7.11 Å². The van der Waals surface area contributed by atoms with Gasteiger partial charge in [0.05, 0.1) is 18.3 Å². The summed E-state index contributed by atoms with van der Waals surface area (Å²) in [6.07, 6.45) is 5.90. The third-order valence-corrected chi connectivity index (χ3v) is 5.32. The number of pyridine rings is 1. The zero-order valence-corrected chi connectivity index (χ0v) is 16.0. The Kier molecular flexibility index (Phi) is 4.90. The van der Waals surface area contributed by atoms with Crippen molar-refractivity contribution in [2.24, 2.45) is 0 Å². The quantitative estimate of drug-likeness (QED) is 0.647. The Balaban J connectivity index is 1.39. The zero-order chi connectivity index (χ0) is 18.8. The van der Waals surface area contributed by atoms with Gasteiger partial charge < -0.3 is 14.5 Å². The van der Waals surface area contributed by atoms with E-state index in [0.717, 1.165) is 24.4 Å². The van der Waals surface area contributed by atoms with Crippen LogP contribution in [0.4, 0.5) is 5.69 Å². The summed E-state index contributed by atoms with van der Waals surface area (Å²) in [4.78, 5) is 16.9. The van der Waals surface area contributed by atoms with Gasteiger partial charge in [-0.15, -0.1) is 0 Å². The standard InChI is InChI=1S/C20H22ClN4O2/c1-27-18-14-16(5-6-17(18)21)22-8-11-24(12-9-22)20(26)15-25-13-10-23-7-3-2-4-19(23)25/h2-7,10,13-14H,8-9,11-12,15H2,1H3/q+1. The van der Waals surface area contributed by atoms with E-state index in [4.69, 9.17) is 16.3 Å². The predicted octanol–water partition coefficient (Wildman–Crippen LogP) is 2.24. The van der Waals surface area contributed by atoms with Crippen LogP contribution in [0.5, 0.6) is 5.75 Å². The number of anilines is 1. The number of piperazine rings is 1. The van der Waals surface area contributed by atoms with Crippen LogP contribution in [-0.2, 0) is 11.3 Å². The van der Waals surface area contributed by atoms with E-state index in [2.05, 4.69) is 4.90 Å². The molecule has 140 valence electrons. The number of rotatable bonds is 4. The van der Waals surface area contributed by atoms with E-state index >= 15 is 0 Å². The number of carbonyl (C=O) groups is 1.